The zero-order chi connectivity index (χ0) is 13.9. The van der Waals surface area contributed by atoms with Crippen LogP contribution in [0.3, 0.4) is 0 Å². The third-order valence-corrected chi connectivity index (χ3v) is 2.62. The lowest BCUT2D eigenvalue weighted by molar-refractivity contribution is 0.0956. The van der Waals surface area contributed by atoms with E-state index in [1.807, 2.05) is 31.2 Å². The van der Waals surface area contributed by atoms with Gasteiger partial charge in [0.05, 0.1) is 0 Å². The van der Waals surface area contributed by atoms with E-state index in [0.717, 1.165) is 6.42 Å². The van der Waals surface area contributed by atoms with Gasteiger partial charge in [-0.15, -0.1) is 0 Å². The van der Waals surface area contributed by atoms with Crippen LogP contribution in [-0.2, 0) is 6.42 Å². The summed E-state index contributed by atoms with van der Waals surface area (Å²) >= 11 is 0. The number of hydrogen-bond donors (Lipinski definition) is 1. The van der Waals surface area contributed by atoms with Gasteiger partial charge in [-0.2, -0.15) is 0 Å². The average molecular weight is 257 g/mol. The Balaban J connectivity index is 0.000000359. The molecule has 0 aliphatic carbocycles. The highest BCUT2D eigenvalue weighted by atomic mass is 16.1. The zero-order valence-electron chi connectivity index (χ0n) is 11.6. The lowest BCUT2D eigenvalue weighted by atomic mass is 10.2. The standard InChI is InChI=1S/C9H11NO.C8H10.H2/c1-2-10-9(11)8-6-4-3-5-7-8;1-2-8-6-4-3-5-7-8;/h3-7H,2H2,1H3,(H,10,11);3-7H,2H2,1H3;1H. The lowest BCUT2D eigenvalue weighted by Gasteiger charge is -1.99. The molecule has 0 aliphatic heterocycles. The van der Waals surface area contributed by atoms with Gasteiger partial charge in [-0.1, -0.05) is 55.5 Å². The molecule has 0 bridgehead atoms. The Hall–Kier alpha value is -2.09. The molecule has 2 aromatic rings. The van der Waals surface area contributed by atoms with E-state index in [1.54, 1.807) is 12.1 Å². The normalized spacial score (nSPS) is 9.16. The van der Waals surface area contributed by atoms with Crippen LogP contribution >= 0.6 is 0 Å². The van der Waals surface area contributed by atoms with E-state index < -0.39 is 0 Å². The van der Waals surface area contributed by atoms with Gasteiger partial charge in [-0.3, -0.25) is 4.79 Å². The molecule has 0 fully saturated rings. The molecule has 0 saturated carbocycles. The van der Waals surface area contributed by atoms with E-state index in [9.17, 15) is 4.79 Å². The molecule has 0 saturated heterocycles. The molecule has 2 nitrogen and oxygen atoms in total. The Morgan fingerprint density at radius 2 is 1.47 bits per heavy atom. The molecule has 2 rings (SSSR count). The molecule has 0 spiro atoms. The number of aryl methyl sites for hydroxylation is 1. The van der Waals surface area contributed by atoms with E-state index in [0.29, 0.717) is 12.1 Å². The molecule has 1 amide bonds. The minimum Gasteiger partial charge on any atom is -0.352 e. The molecule has 0 atom stereocenters. The molecular formula is C17H23NO. The van der Waals surface area contributed by atoms with Crippen LogP contribution in [0.15, 0.2) is 60.7 Å². The Labute approximate surface area is 117 Å². The van der Waals surface area contributed by atoms with Gasteiger partial charge in [0, 0.05) is 13.5 Å². The number of nitrogens with one attached hydrogen (secondary N) is 1. The first-order valence-corrected chi connectivity index (χ1v) is 6.65. The average Bonchev–Trinajstić information content (AvgIpc) is 2.50. The van der Waals surface area contributed by atoms with Gasteiger partial charge in [-0.05, 0) is 31.0 Å². The van der Waals surface area contributed by atoms with Crippen LogP contribution in [0, 0.1) is 0 Å². The summed E-state index contributed by atoms with van der Waals surface area (Å²) in [6.07, 6.45) is 1.14. The topological polar surface area (TPSA) is 29.1 Å². The Bertz CT molecular complexity index is 471. The molecule has 0 heterocycles. The maximum Gasteiger partial charge on any atom is 0.251 e. The SMILES string of the molecule is CCNC(=O)c1ccccc1.CCc1ccccc1.[HH]. The molecule has 1 N–H and O–H groups in total. The van der Waals surface area contributed by atoms with Crippen LogP contribution in [0.2, 0.25) is 0 Å². The van der Waals surface area contributed by atoms with Crippen molar-refractivity contribution < 1.29 is 6.22 Å². The van der Waals surface area contributed by atoms with Gasteiger partial charge < -0.3 is 5.32 Å². The van der Waals surface area contributed by atoms with Crippen molar-refractivity contribution in [2.75, 3.05) is 6.54 Å². The van der Waals surface area contributed by atoms with Gasteiger partial charge >= 0.3 is 0 Å². The second-order valence-corrected chi connectivity index (χ2v) is 4.06. The first-order valence-electron chi connectivity index (χ1n) is 6.65. The van der Waals surface area contributed by atoms with Crippen molar-refractivity contribution in [2.24, 2.45) is 0 Å². The summed E-state index contributed by atoms with van der Waals surface area (Å²) in [5.41, 5.74) is 2.13. The van der Waals surface area contributed by atoms with Crippen molar-refractivity contribution in [1.82, 2.24) is 5.32 Å². The molecule has 2 heteroatoms. The second kappa shape index (κ2) is 8.92. The summed E-state index contributed by atoms with van der Waals surface area (Å²) in [6.45, 7) is 4.74. The quantitative estimate of drug-likeness (QED) is 0.886. The molecular weight excluding hydrogens is 234 g/mol. The highest BCUT2D eigenvalue weighted by Gasteiger charge is 1.99. The number of carbonyl (C=O) groups is 1. The van der Waals surface area contributed by atoms with Crippen molar-refractivity contribution in [2.45, 2.75) is 20.3 Å². The third kappa shape index (κ3) is 5.87. The first-order chi connectivity index (χ1) is 9.27. The fraction of sp³-hybridized carbons (Fsp3) is 0.235. The predicted octanol–water partition coefficient (Wildman–Crippen LogP) is 3.93. The Kier molecular flexibility index (Phi) is 7.03. The highest BCUT2D eigenvalue weighted by Crippen LogP contribution is 1.97. The maximum absolute atomic E-state index is 11.1. The molecule has 0 unspecified atom stereocenters. The van der Waals surface area contributed by atoms with Crippen LogP contribution in [-0.4, -0.2) is 12.5 Å². The number of amides is 1. The van der Waals surface area contributed by atoms with Gasteiger partial charge in [0.15, 0.2) is 0 Å². The third-order valence-electron chi connectivity index (χ3n) is 2.62. The predicted molar refractivity (Wildman–Crippen MR) is 82.4 cm³/mol. The van der Waals surface area contributed by atoms with Gasteiger partial charge in [0.1, 0.15) is 0 Å². The number of carbonyl (C=O) groups excluding carboxylic acids is 1. The van der Waals surface area contributed by atoms with Crippen molar-refractivity contribution in [1.29, 1.82) is 0 Å². The summed E-state index contributed by atoms with van der Waals surface area (Å²) in [7, 11) is 0. The van der Waals surface area contributed by atoms with Crippen LogP contribution in [0.1, 0.15) is 31.2 Å². The lowest BCUT2D eigenvalue weighted by Crippen LogP contribution is -2.22. The molecule has 0 aliphatic rings. The molecule has 19 heavy (non-hydrogen) atoms. The van der Waals surface area contributed by atoms with Crippen molar-refractivity contribution in [3.05, 3.63) is 71.8 Å². The molecule has 0 radical (unpaired) electrons. The monoisotopic (exact) mass is 257 g/mol. The van der Waals surface area contributed by atoms with E-state index in [-0.39, 0.29) is 7.33 Å². The van der Waals surface area contributed by atoms with Gasteiger partial charge in [-0.25, -0.2) is 0 Å². The zero-order valence-corrected chi connectivity index (χ0v) is 11.6. The van der Waals surface area contributed by atoms with E-state index in [4.69, 9.17) is 0 Å². The van der Waals surface area contributed by atoms with E-state index in [1.165, 1.54) is 5.56 Å². The van der Waals surface area contributed by atoms with Crippen LogP contribution in [0.4, 0.5) is 0 Å². The molecule has 2 aromatic carbocycles. The van der Waals surface area contributed by atoms with Crippen LogP contribution < -0.4 is 5.32 Å². The van der Waals surface area contributed by atoms with Crippen molar-refractivity contribution in [3.63, 3.8) is 0 Å². The highest BCUT2D eigenvalue weighted by molar-refractivity contribution is 5.94. The summed E-state index contributed by atoms with van der Waals surface area (Å²) in [6, 6.07) is 19.6. The number of hydrogen-bond acceptors (Lipinski definition) is 1. The Morgan fingerprint density at radius 1 is 0.947 bits per heavy atom. The summed E-state index contributed by atoms with van der Waals surface area (Å²) in [5.74, 6) is -0.00639. The number of rotatable bonds is 3. The number of benzene rings is 2. The van der Waals surface area contributed by atoms with Crippen molar-refractivity contribution in [3.8, 4) is 0 Å². The summed E-state index contributed by atoms with van der Waals surface area (Å²) in [5, 5.41) is 2.72. The molecule has 102 valence electrons. The van der Waals surface area contributed by atoms with Crippen molar-refractivity contribution >= 4 is 5.91 Å². The first kappa shape index (κ1) is 15.0. The summed E-state index contributed by atoms with van der Waals surface area (Å²) in [4.78, 5) is 11.1. The van der Waals surface area contributed by atoms with Gasteiger partial charge in [0.25, 0.3) is 5.91 Å². The minimum absolute atomic E-state index is 0. The van der Waals surface area contributed by atoms with E-state index >= 15 is 0 Å². The smallest absolute Gasteiger partial charge is 0.251 e. The largest absolute Gasteiger partial charge is 0.352 e. The molecule has 0 aromatic heterocycles. The van der Waals surface area contributed by atoms with Crippen LogP contribution in [0.5, 0.6) is 0 Å². The van der Waals surface area contributed by atoms with Crippen LogP contribution in [0.25, 0.3) is 0 Å². The fourth-order valence-electron chi connectivity index (χ4n) is 1.57. The fourth-order valence-corrected chi connectivity index (χ4v) is 1.57. The Morgan fingerprint density at radius 3 is 1.89 bits per heavy atom. The van der Waals surface area contributed by atoms with E-state index in [2.05, 4.69) is 36.5 Å². The second-order valence-electron chi connectivity index (χ2n) is 4.06. The van der Waals surface area contributed by atoms with Gasteiger partial charge in [0.2, 0.25) is 0 Å². The summed E-state index contributed by atoms with van der Waals surface area (Å²) < 4.78 is 0. The minimum atomic E-state index is -0.00639. The maximum atomic E-state index is 11.1.